The van der Waals surface area contributed by atoms with E-state index in [-0.39, 0.29) is 11.6 Å². The van der Waals surface area contributed by atoms with Gasteiger partial charge in [0.25, 0.3) is 0 Å². The van der Waals surface area contributed by atoms with E-state index in [0.29, 0.717) is 0 Å². The number of allylic oxidation sites excluding steroid dienone is 1. The zero-order chi connectivity index (χ0) is 10.6. The Hall–Kier alpha value is -0.830. The molecule has 14 heavy (non-hydrogen) atoms. The summed E-state index contributed by atoms with van der Waals surface area (Å²) in [6.45, 7) is 1.98. The second-order valence-corrected chi connectivity index (χ2v) is 3.58. The highest BCUT2D eigenvalue weighted by molar-refractivity contribution is 9.09. The smallest absolute Gasteiger partial charge is 0.165 e. The van der Waals surface area contributed by atoms with Gasteiger partial charge in [0.05, 0.1) is 7.11 Å². The first-order valence-corrected chi connectivity index (χ1v) is 5.36. The summed E-state index contributed by atoms with van der Waals surface area (Å²) >= 11 is 3.33. The van der Waals surface area contributed by atoms with Crippen molar-refractivity contribution in [2.45, 2.75) is 6.92 Å². The van der Waals surface area contributed by atoms with Crippen molar-refractivity contribution in [3.63, 3.8) is 0 Å². The van der Waals surface area contributed by atoms with E-state index in [1.807, 2.05) is 19.1 Å². The van der Waals surface area contributed by atoms with Gasteiger partial charge in [0.1, 0.15) is 0 Å². The zero-order valence-electron chi connectivity index (χ0n) is 8.18. The Labute approximate surface area is 91.7 Å². The lowest BCUT2D eigenvalue weighted by Crippen LogP contribution is -1.88. The molecule has 1 aromatic carbocycles. The van der Waals surface area contributed by atoms with Crippen LogP contribution in [0.4, 0.5) is 4.39 Å². The molecule has 0 bridgehead atoms. The molecule has 1 aromatic rings. The van der Waals surface area contributed by atoms with Gasteiger partial charge in [-0.15, -0.1) is 0 Å². The molecule has 0 heterocycles. The van der Waals surface area contributed by atoms with E-state index in [0.717, 1.165) is 16.5 Å². The number of hydrogen-bond donors (Lipinski definition) is 0. The summed E-state index contributed by atoms with van der Waals surface area (Å²) in [6.07, 6.45) is 1.93. The van der Waals surface area contributed by atoms with Crippen molar-refractivity contribution in [1.82, 2.24) is 0 Å². The Morgan fingerprint density at radius 3 is 2.79 bits per heavy atom. The van der Waals surface area contributed by atoms with Crippen LogP contribution in [-0.4, -0.2) is 12.4 Å². The molecule has 0 atom stereocenters. The fourth-order valence-electron chi connectivity index (χ4n) is 1.10. The van der Waals surface area contributed by atoms with Crippen molar-refractivity contribution in [2.75, 3.05) is 12.4 Å². The highest BCUT2D eigenvalue weighted by atomic mass is 79.9. The largest absolute Gasteiger partial charge is 0.494 e. The Morgan fingerprint density at radius 1 is 1.57 bits per heavy atom. The van der Waals surface area contributed by atoms with E-state index in [9.17, 15) is 4.39 Å². The Balaban J connectivity index is 2.97. The molecule has 0 saturated heterocycles. The van der Waals surface area contributed by atoms with Gasteiger partial charge in [-0.3, -0.25) is 0 Å². The minimum absolute atomic E-state index is 0.277. The molecule has 0 N–H and O–H groups in total. The van der Waals surface area contributed by atoms with Crippen LogP contribution in [0.2, 0.25) is 0 Å². The van der Waals surface area contributed by atoms with Gasteiger partial charge >= 0.3 is 0 Å². The number of alkyl halides is 1. The van der Waals surface area contributed by atoms with Crippen LogP contribution >= 0.6 is 15.9 Å². The molecule has 0 aliphatic carbocycles. The molecule has 0 spiro atoms. The maximum atomic E-state index is 13.2. The van der Waals surface area contributed by atoms with Gasteiger partial charge in [-0.2, -0.15) is 0 Å². The van der Waals surface area contributed by atoms with E-state index >= 15 is 0 Å². The Bertz CT molecular complexity index is 347. The topological polar surface area (TPSA) is 9.23 Å². The highest BCUT2D eigenvalue weighted by Crippen LogP contribution is 2.19. The SMILES string of the molecule is COc1ccc(C=C(C)CBr)cc1F. The predicted molar refractivity (Wildman–Crippen MR) is 60.4 cm³/mol. The molecule has 0 aliphatic rings. The molecule has 0 aromatic heterocycles. The van der Waals surface area contributed by atoms with E-state index in [2.05, 4.69) is 15.9 Å². The highest BCUT2D eigenvalue weighted by Gasteiger charge is 2.01. The van der Waals surface area contributed by atoms with Gasteiger partial charge in [-0.05, 0) is 24.6 Å². The number of benzene rings is 1. The molecule has 1 rings (SSSR count). The van der Waals surface area contributed by atoms with Crippen molar-refractivity contribution in [1.29, 1.82) is 0 Å². The lowest BCUT2D eigenvalue weighted by Gasteiger charge is -2.02. The van der Waals surface area contributed by atoms with Crippen LogP contribution in [0.1, 0.15) is 12.5 Å². The number of halogens is 2. The van der Waals surface area contributed by atoms with Gasteiger partial charge in [-0.1, -0.05) is 33.6 Å². The summed E-state index contributed by atoms with van der Waals surface area (Å²) in [7, 11) is 1.46. The number of hydrogen-bond acceptors (Lipinski definition) is 1. The van der Waals surface area contributed by atoms with E-state index < -0.39 is 0 Å². The predicted octanol–water partition coefficient (Wildman–Crippen LogP) is 3.63. The molecule has 76 valence electrons. The first-order chi connectivity index (χ1) is 6.67. The lowest BCUT2D eigenvalue weighted by atomic mass is 10.1. The van der Waals surface area contributed by atoms with E-state index in [4.69, 9.17) is 4.74 Å². The standard InChI is InChI=1S/C11H12BrFO/c1-8(7-12)5-9-3-4-11(14-2)10(13)6-9/h3-6H,7H2,1-2H3. The second kappa shape index (κ2) is 5.15. The van der Waals surface area contributed by atoms with Crippen LogP contribution in [0, 0.1) is 5.82 Å². The van der Waals surface area contributed by atoms with Crippen LogP contribution in [0.15, 0.2) is 23.8 Å². The average molecular weight is 259 g/mol. The number of ether oxygens (including phenoxy) is 1. The van der Waals surface area contributed by atoms with Crippen molar-refractivity contribution in [3.05, 3.63) is 35.2 Å². The quantitative estimate of drug-likeness (QED) is 0.753. The molecule has 0 saturated carbocycles. The third kappa shape index (κ3) is 2.84. The molecule has 0 unspecified atom stereocenters. The zero-order valence-corrected chi connectivity index (χ0v) is 9.77. The summed E-state index contributed by atoms with van der Waals surface area (Å²) in [5, 5.41) is 0.792. The minimum Gasteiger partial charge on any atom is -0.494 e. The van der Waals surface area contributed by atoms with Crippen LogP contribution in [0.25, 0.3) is 6.08 Å². The first-order valence-electron chi connectivity index (χ1n) is 4.24. The van der Waals surface area contributed by atoms with E-state index in [1.54, 1.807) is 6.07 Å². The fraction of sp³-hybridized carbons (Fsp3) is 0.273. The first kappa shape index (κ1) is 11.2. The number of rotatable bonds is 3. The molecule has 0 aliphatic heterocycles. The molecular weight excluding hydrogens is 247 g/mol. The summed E-state index contributed by atoms with van der Waals surface area (Å²) in [6, 6.07) is 4.92. The lowest BCUT2D eigenvalue weighted by molar-refractivity contribution is 0.386. The van der Waals surface area contributed by atoms with E-state index in [1.165, 1.54) is 13.2 Å². The van der Waals surface area contributed by atoms with Gasteiger partial charge in [0, 0.05) is 5.33 Å². The second-order valence-electron chi connectivity index (χ2n) is 3.02. The van der Waals surface area contributed by atoms with Crippen molar-refractivity contribution in [2.24, 2.45) is 0 Å². The summed E-state index contributed by atoms with van der Waals surface area (Å²) < 4.78 is 18.1. The fourth-order valence-corrected chi connectivity index (χ4v) is 1.26. The monoisotopic (exact) mass is 258 g/mol. The maximum Gasteiger partial charge on any atom is 0.165 e. The van der Waals surface area contributed by atoms with Gasteiger partial charge in [0.15, 0.2) is 11.6 Å². The molecule has 0 amide bonds. The Morgan fingerprint density at radius 2 is 2.29 bits per heavy atom. The molecular formula is C11H12BrFO. The van der Waals surface area contributed by atoms with Crippen molar-refractivity contribution >= 4 is 22.0 Å². The van der Waals surface area contributed by atoms with Gasteiger partial charge in [0.2, 0.25) is 0 Å². The summed E-state index contributed by atoms with van der Waals surface area (Å²) in [4.78, 5) is 0. The third-order valence-electron chi connectivity index (χ3n) is 1.80. The van der Waals surface area contributed by atoms with Crippen molar-refractivity contribution in [3.8, 4) is 5.75 Å². The van der Waals surface area contributed by atoms with Crippen molar-refractivity contribution < 1.29 is 9.13 Å². The average Bonchev–Trinajstić information content (AvgIpc) is 2.18. The Kier molecular flexibility index (Phi) is 4.14. The van der Waals surface area contributed by atoms with Gasteiger partial charge < -0.3 is 4.74 Å². The summed E-state index contributed by atoms with van der Waals surface area (Å²) in [5.74, 6) is -0.0535. The normalized spacial score (nSPS) is 11.6. The minimum atomic E-state index is -0.330. The summed E-state index contributed by atoms with van der Waals surface area (Å²) in [5.41, 5.74) is 2.00. The molecule has 0 fully saturated rings. The molecule has 1 nitrogen and oxygen atoms in total. The van der Waals surface area contributed by atoms with Gasteiger partial charge in [-0.25, -0.2) is 4.39 Å². The van der Waals surface area contributed by atoms with Crippen LogP contribution < -0.4 is 4.74 Å². The molecule has 3 heteroatoms. The maximum absolute atomic E-state index is 13.2. The third-order valence-corrected chi connectivity index (χ3v) is 2.68. The van der Waals surface area contributed by atoms with Crippen LogP contribution in [-0.2, 0) is 0 Å². The van der Waals surface area contributed by atoms with Crippen LogP contribution in [0.5, 0.6) is 5.75 Å². The number of methoxy groups -OCH3 is 1. The molecule has 0 radical (unpaired) electrons. The van der Waals surface area contributed by atoms with Crippen LogP contribution in [0.3, 0.4) is 0 Å².